The first-order chi connectivity index (χ1) is 15.8. The Morgan fingerprint density at radius 1 is 1.21 bits per heavy atom. The number of thiophene rings is 1. The van der Waals surface area contributed by atoms with Crippen LogP contribution in [0.1, 0.15) is 39.8 Å². The first kappa shape index (κ1) is 24.7. The lowest BCUT2D eigenvalue weighted by molar-refractivity contribution is -0.151. The van der Waals surface area contributed by atoms with Crippen molar-refractivity contribution in [1.82, 2.24) is 9.80 Å². The molecule has 1 aliphatic rings. The molecule has 0 bridgehead atoms. The van der Waals surface area contributed by atoms with E-state index in [1.54, 1.807) is 42.5 Å². The molecule has 33 heavy (non-hydrogen) atoms. The fourth-order valence-corrected chi connectivity index (χ4v) is 4.35. The van der Waals surface area contributed by atoms with E-state index in [9.17, 15) is 19.2 Å². The smallest absolute Gasteiger partial charge is 0.309 e. The van der Waals surface area contributed by atoms with Crippen LogP contribution in [-0.4, -0.2) is 66.8 Å². The summed E-state index contributed by atoms with van der Waals surface area (Å²) in [5.41, 5.74) is 0.624. The largest absolute Gasteiger partial charge is 0.466 e. The molecule has 1 aliphatic heterocycles. The number of anilines is 1. The number of nitrogens with zero attached hydrogens (tertiary/aromatic N) is 2. The van der Waals surface area contributed by atoms with Crippen molar-refractivity contribution in [2.75, 3.05) is 38.6 Å². The van der Waals surface area contributed by atoms with Gasteiger partial charge in [0, 0.05) is 25.7 Å². The summed E-state index contributed by atoms with van der Waals surface area (Å²) in [6.07, 6.45) is 1.10. The second-order valence-corrected chi connectivity index (χ2v) is 9.05. The first-order valence-corrected chi connectivity index (χ1v) is 11.9. The third-order valence-corrected chi connectivity index (χ3v) is 6.59. The number of carbonyl (C=O) groups excluding carboxylic acids is 4. The normalized spacial score (nSPS) is 14.0. The van der Waals surface area contributed by atoms with Crippen molar-refractivity contribution < 1.29 is 23.9 Å². The molecule has 8 nitrogen and oxygen atoms in total. The lowest BCUT2D eigenvalue weighted by atomic mass is 9.97. The van der Waals surface area contributed by atoms with E-state index < -0.39 is 0 Å². The monoisotopic (exact) mass is 491 g/mol. The van der Waals surface area contributed by atoms with Crippen molar-refractivity contribution in [1.29, 1.82) is 0 Å². The van der Waals surface area contributed by atoms with E-state index in [2.05, 4.69) is 5.32 Å². The number of amides is 3. The van der Waals surface area contributed by atoms with Crippen LogP contribution in [0.3, 0.4) is 0 Å². The highest BCUT2D eigenvalue weighted by atomic mass is 35.5. The van der Waals surface area contributed by atoms with Crippen molar-refractivity contribution >= 4 is 52.3 Å². The molecule has 0 saturated carbocycles. The average Bonchev–Trinajstić information content (AvgIpc) is 3.35. The number of hydrogen-bond acceptors (Lipinski definition) is 6. The highest BCUT2D eigenvalue weighted by Gasteiger charge is 2.29. The molecule has 3 amide bonds. The van der Waals surface area contributed by atoms with Crippen molar-refractivity contribution in [3.63, 3.8) is 0 Å². The zero-order valence-electron chi connectivity index (χ0n) is 18.5. The summed E-state index contributed by atoms with van der Waals surface area (Å²) < 4.78 is 5.05. The number of hydrogen-bond donors (Lipinski definition) is 1. The van der Waals surface area contributed by atoms with Gasteiger partial charge in [0.05, 0.1) is 34.7 Å². The number of piperidine rings is 1. The second-order valence-electron chi connectivity index (χ2n) is 7.69. The van der Waals surface area contributed by atoms with E-state index in [1.807, 2.05) is 0 Å². The number of ether oxygens (including phenoxy) is 1. The molecule has 1 aromatic heterocycles. The average molecular weight is 492 g/mol. The number of esters is 1. The minimum Gasteiger partial charge on any atom is -0.466 e. The van der Waals surface area contributed by atoms with Gasteiger partial charge in [-0.25, -0.2) is 0 Å². The predicted octanol–water partition coefficient (Wildman–Crippen LogP) is 3.53. The number of likely N-dealkylation sites (N-methyl/N-ethyl adjacent to an activating group) is 1. The lowest BCUT2D eigenvalue weighted by Crippen LogP contribution is -2.45. The highest BCUT2D eigenvalue weighted by molar-refractivity contribution is 7.12. The summed E-state index contributed by atoms with van der Waals surface area (Å²) in [5.74, 6) is -1.28. The lowest BCUT2D eigenvalue weighted by Gasteiger charge is -2.32. The van der Waals surface area contributed by atoms with E-state index in [0.29, 0.717) is 53.7 Å². The van der Waals surface area contributed by atoms with Crippen LogP contribution >= 0.6 is 22.9 Å². The number of carbonyl (C=O) groups is 4. The van der Waals surface area contributed by atoms with Crippen LogP contribution in [0.25, 0.3) is 0 Å². The molecule has 0 unspecified atom stereocenters. The third-order valence-electron chi connectivity index (χ3n) is 5.39. The van der Waals surface area contributed by atoms with Gasteiger partial charge in [-0.2, -0.15) is 0 Å². The van der Waals surface area contributed by atoms with Gasteiger partial charge < -0.3 is 19.9 Å². The molecule has 3 rings (SSSR count). The Bertz CT molecular complexity index is 1020. The maximum Gasteiger partial charge on any atom is 0.309 e. The maximum atomic E-state index is 12.9. The molecule has 0 atom stereocenters. The van der Waals surface area contributed by atoms with E-state index in [0.717, 1.165) is 0 Å². The molecule has 0 aliphatic carbocycles. The van der Waals surface area contributed by atoms with Gasteiger partial charge in [-0.1, -0.05) is 17.7 Å². The number of halogens is 1. The van der Waals surface area contributed by atoms with Crippen molar-refractivity contribution in [3.8, 4) is 0 Å². The zero-order valence-corrected chi connectivity index (χ0v) is 20.1. The molecular weight excluding hydrogens is 466 g/mol. The van der Waals surface area contributed by atoms with Gasteiger partial charge >= 0.3 is 5.97 Å². The Hall–Kier alpha value is -2.91. The minimum atomic E-state index is -0.368. The molecule has 10 heteroatoms. The molecule has 2 aromatic rings. The summed E-state index contributed by atoms with van der Waals surface area (Å²) in [6.45, 7) is 2.91. The van der Waals surface area contributed by atoms with Crippen molar-refractivity contribution in [2.45, 2.75) is 19.8 Å². The SMILES string of the molecule is CCOC(=O)C1CCN(C(=O)CN(C)C(=O)c2ccc(Cl)c(NC(=O)c3cccs3)c2)CC1. The number of likely N-dealkylation sites (tertiary alicyclic amines) is 1. The van der Waals surface area contributed by atoms with Gasteiger partial charge in [0.15, 0.2) is 0 Å². The molecular formula is C23H26ClN3O5S. The van der Waals surface area contributed by atoms with Crippen LogP contribution in [-0.2, 0) is 14.3 Å². The highest BCUT2D eigenvalue weighted by Crippen LogP contribution is 2.25. The van der Waals surface area contributed by atoms with Gasteiger partial charge in [-0.15, -0.1) is 11.3 Å². The minimum absolute atomic E-state index is 0.0948. The van der Waals surface area contributed by atoms with Crippen LogP contribution < -0.4 is 5.32 Å². The maximum absolute atomic E-state index is 12.9. The van der Waals surface area contributed by atoms with Gasteiger partial charge in [-0.05, 0) is 49.4 Å². The molecule has 1 N–H and O–H groups in total. The zero-order chi connectivity index (χ0) is 24.0. The van der Waals surface area contributed by atoms with E-state index in [-0.39, 0.29) is 36.2 Å². The Labute approximate surface area is 201 Å². The molecule has 1 aromatic carbocycles. The predicted molar refractivity (Wildman–Crippen MR) is 127 cm³/mol. The summed E-state index contributed by atoms with van der Waals surface area (Å²) in [6, 6.07) is 8.05. The van der Waals surface area contributed by atoms with Gasteiger partial charge in [-0.3, -0.25) is 19.2 Å². The van der Waals surface area contributed by atoms with Crippen LogP contribution in [0.2, 0.25) is 5.02 Å². The van der Waals surface area contributed by atoms with Crippen LogP contribution in [0.5, 0.6) is 0 Å². The Kier molecular flexibility index (Phi) is 8.46. The number of nitrogens with one attached hydrogen (secondary N) is 1. The Morgan fingerprint density at radius 3 is 2.58 bits per heavy atom. The number of benzene rings is 1. The third kappa shape index (κ3) is 6.33. The van der Waals surface area contributed by atoms with Crippen LogP contribution in [0.15, 0.2) is 35.7 Å². The van der Waals surface area contributed by atoms with E-state index >= 15 is 0 Å². The fourth-order valence-electron chi connectivity index (χ4n) is 3.57. The summed E-state index contributed by atoms with van der Waals surface area (Å²) in [4.78, 5) is 53.3. The van der Waals surface area contributed by atoms with Crippen LogP contribution in [0, 0.1) is 5.92 Å². The molecule has 176 valence electrons. The second kappa shape index (κ2) is 11.3. The molecule has 2 heterocycles. The Balaban J connectivity index is 1.58. The van der Waals surface area contributed by atoms with Crippen molar-refractivity contribution in [3.05, 3.63) is 51.2 Å². The van der Waals surface area contributed by atoms with Crippen molar-refractivity contribution in [2.24, 2.45) is 5.92 Å². The Morgan fingerprint density at radius 2 is 1.94 bits per heavy atom. The van der Waals surface area contributed by atoms with Gasteiger partial charge in [0.1, 0.15) is 0 Å². The molecule has 0 spiro atoms. The quantitative estimate of drug-likeness (QED) is 0.598. The molecule has 0 radical (unpaired) electrons. The topological polar surface area (TPSA) is 96.0 Å². The summed E-state index contributed by atoms with van der Waals surface area (Å²) >= 11 is 7.49. The standard InChI is InChI=1S/C23H26ClN3O5S/c1-3-32-23(31)15-8-10-27(11-9-15)20(28)14-26(2)22(30)16-6-7-17(24)18(13-16)25-21(29)19-5-4-12-33-19/h4-7,12-13,15H,3,8-11,14H2,1-2H3,(H,25,29). The van der Waals surface area contributed by atoms with Crippen LogP contribution in [0.4, 0.5) is 5.69 Å². The first-order valence-electron chi connectivity index (χ1n) is 10.6. The summed E-state index contributed by atoms with van der Waals surface area (Å²) in [5, 5.41) is 4.82. The van der Waals surface area contributed by atoms with Gasteiger partial charge in [0.25, 0.3) is 11.8 Å². The molecule has 1 saturated heterocycles. The van der Waals surface area contributed by atoms with E-state index in [1.165, 1.54) is 28.4 Å². The van der Waals surface area contributed by atoms with Gasteiger partial charge in [0.2, 0.25) is 5.91 Å². The van der Waals surface area contributed by atoms with E-state index in [4.69, 9.17) is 16.3 Å². The summed E-state index contributed by atoms with van der Waals surface area (Å²) in [7, 11) is 1.55. The number of rotatable bonds is 7. The molecule has 1 fully saturated rings. The fraction of sp³-hybridized carbons (Fsp3) is 0.391.